The van der Waals surface area contributed by atoms with Crippen molar-refractivity contribution in [2.45, 2.75) is 13.5 Å². The Morgan fingerprint density at radius 3 is 2.58 bits per heavy atom. The van der Waals surface area contributed by atoms with Crippen LogP contribution >= 0.6 is 0 Å². The first kappa shape index (κ1) is 17.5. The Balaban J connectivity index is 1.77. The lowest BCUT2D eigenvalue weighted by Gasteiger charge is -2.19. The third-order valence-corrected chi connectivity index (χ3v) is 3.86. The second-order valence-corrected chi connectivity index (χ2v) is 6.00. The van der Waals surface area contributed by atoms with Gasteiger partial charge < -0.3 is 19.7 Å². The van der Waals surface area contributed by atoms with E-state index in [0.717, 1.165) is 11.1 Å². The van der Waals surface area contributed by atoms with E-state index in [-0.39, 0.29) is 24.3 Å². The summed E-state index contributed by atoms with van der Waals surface area (Å²) in [5, 5.41) is 2.62. The highest BCUT2D eigenvalue weighted by molar-refractivity contribution is 6.00. The SMILES string of the molecule is CC(=O)NC(=Cc1ccccc1)C(=O)N(C)Cc1ccc2c(c1)OCO2. The topological polar surface area (TPSA) is 67.9 Å². The lowest BCUT2D eigenvalue weighted by molar-refractivity contribution is -0.128. The van der Waals surface area contributed by atoms with Crippen LogP contribution < -0.4 is 14.8 Å². The fourth-order valence-electron chi connectivity index (χ4n) is 2.65. The van der Waals surface area contributed by atoms with Gasteiger partial charge in [0.25, 0.3) is 5.91 Å². The largest absolute Gasteiger partial charge is 0.454 e. The molecule has 1 N–H and O–H groups in total. The van der Waals surface area contributed by atoms with E-state index in [2.05, 4.69) is 5.32 Å². The minimum absolute atomic E-state index is 0.208. The van der Waals surface area contributed by atoms with E-state index in [4.69, 9.17) is 9.47 Å². The molecular formula is C20H20N2O4. The van der Waals surface area contributed by atoms with Crippen molar-refractivity contribution >= 4 is 17.9 Å². The highest BCUT2D eigenvalue weighted by atomic mass is 16.7. The Labute approximate surface area is 152 Å². The molecule has 2 aromatic rings. The Morgan fingerprint density at radius 2 is 1.85 bits per heavy atom. The number of carbonyl (C=O) groups excluding carboxylic acids is 2. The third-order valence-electron chi connectivity index (χ3n) is 3.86. The van der Waals surface area contributed by atoms with Gasteiger partial charge in [-0.05, 0) is 29.3 Å². The minimum Gasteiger partial charge on any atom is -0.454 e. The Hall–Kier alpha value is -3.28. The summed E-state index contributed by atoms with van der Waals surface area (Å²) in [5.41, 5.74) is 1.97. The molecule has 0 saturated heterocycles. The number of hydrogen-bond donors (Lipinski definition) is 1. The Bertz CT molecular complexity index is 846. The van der Waals surface area contributed by atoms with Crippen LogP contribution in [0.1, 0.15) is 18.1 Å². The van der Waals surface area contributed by atoms with Crippen LogP contribution in [-0.4, -0.2) is 30.6 Å². The quantitative estimate of drug-likeness (QED) is 0.840. The Morgan fingerprint density at radius 1 is 1.12 bits per heavy atom. The highest BCUT2D eigenvalue weighted by Gasteiger charge is 2.18. The van der Waals surface area contributed by atoms with Gasteiger partial charge in [-0.2, -0.15) is 0 Å². The van der Waals surface area contributed by atoms with Crippen molar-refractivity contribution in [2.75, 3.05) is 13.8 Å². The van der Waals surface area contributed by atoms with Crippen molar-refractivity contribution in [3.63, 3.8) is 0 Å². The van der Waals surface area contributed by atoms with Crippen LogP contribution in [0.15, 0.2) is 54.2 Å². The molecule has 0 unspecified atom stereocenters. The molecule has 3 rings (SSSR count). The number of carbonyl (C=O) groups is 2. The molecule has 6 heteroatoms. The highest BCUT2D eigenvalue weighted by Crippen LogP contribution is 2.32. The van der Waals surface area contributed by atoms with Gasteiger partial charge in [0.1, 0.15) is 5.70 Å². The number of hydrogen-bond acceptors (Lipinski definition) is 4. The molecule has 134 valence electrons. The first-order valence-corrected chi connectivity index (χ1v) is 8.21. The third kappa shape index (κ3) is 4.22. The van der Waals surface area contributed by atoms with E-state index in [1.54, 1.807) is 18.0 Å². The molecule has 0 spiro atoms. The fraction of sp³-hybridized carbons (Fsp3) is 0.200. The predicted octanol–water partition coefficient (Wildman–Crippen LogP) is 2.55. The lowest BCUT2D eigenvalue weighted by atomic mass is 10.1. The summed E-state index contributed by atoms with van der Waals surface area (Å²) in [6.45, 7) is 1.96. The smallest absolute Gasteiger partial charge is 0.270 e. The number of nitrogens with one attached hydrogen (secondary N) is 1. The minimum atomic E-state index is -0.294. The fourth-order valence-corrected chi connectivity index (χ4v) is 2.65. The van der Waals surface area contributed by atoms with Gasteiger partial charge in [0.05, 0.1) is 0 Å². The molecule has 0 bridgehead atoms. The standard InChI is InChI=1S/C20H20N2O4/c1-14(23)21-17(10-15-6-4-3-5-7-15)20(24)22(2)12-16-8-9-18-19(11-16)26-13-25-18/h3-11H,12-13H2,1-2H3,(H,21,23). The molecule has 0 aliphatic carbocycles. The van der Waals surface area contributed by atoms with Crippen LogP contribution in [-0.2, 0) is 16.1 Å². The number of ether oxygens (including phenoxy) is 2. The monoisotopic (exact) mass is 352 g/mol. The number of likely N-dealkylation sites (N-methyl/N-ethyl adjacent to an activating group) is 1. The van der Waals surface area contributed by atoms with Crippen LogP contribution in [0, 0.1) is 0 Å². The summed E-state index contributed by atoms with van der Waals surface area (Å²) in [5.74, 6) is 0.801. The normalized spacial score (nSPS) is 12.6. The van der Waals surface area contributed by atoms with Crippen LogP contribution in [0.25, 0.3) is 6.08 Å². The summed E-state index contributed by atoms with van der Waals surface area (Å²) in [7, 11) is 1.69. The van der Waals surface area contributed by atoms with E-state index >= 15 is 0 Å². The summed E-state index contributed by atoms with van der Waals surface area (Å²) in [6.07, 6.45) is 1.67. The molecule has 2 aromatic carbocycles. The molecule has 6 nitrogen and oxygen atoms in total. The molecule has 1 aliphatic heterocycles. The summed E-state index contributed by atoms with van der Waals surface area (Å²) in [6, 6.07) is 14.9. The van der Waals surface area contributed by atoms with Gasteiger partial charge in [-0.15, -0.1) is 0 Å². The molecule has 1 heterocycles. The van der Waals surface area contributed by atoms with Crippen molar-refractivity contribution in [1.82, 2.24) is 10.2 Å². The van der Waals surface area contributed by atoms with Crippen LogP contribution in [0.3, 0.4) is 0 Å². The van der Waals surface area contributed by atoms with Gasteiger partial charge in [-0.1, -0.05) is 36.4 Å². The summed E-state index contributed by atoms with van der Waals surface area (Å²) >= 11 is 0. The van der Waals surface area contributed by atoms with E-state index in [9.17, 15) is 9.59 Å². The zero-order valence-corrected chi connectivity index (χ0v) is 14.7. The Kier molecular flexibility index (Phi) is 5.22. The lowest BCUT2D eigenvalue weighted by Crippen LogP contribution is -2.35. The molecule has 1 aliphatic rings. The number of nitrogens with zero attached hydrogens (tertiary/aromatic N) is 1. The first-order chi connectivity index (χ1) is 12.5. The van der Waals surface area contributed by atoms with E-state index in [1.807, 2.05) is 48.5 Å². The van der Waals surface area contributed by atoms with Crippen molar-refractivity contribution in [1.29, 1.82) is 0 Å². The molecular weight excluding hydrogens is 332 g/mol. The maximum Gasteiger partial charge on any atom is 0.270 e. The summed E-state index contributed by atoms with van der Waals surface area (Å²) in [4.78, 5) is 25.9. The number of rotatable bonds is 5. The number of amides is 2. The van der Waals surface area contributed by atoms with E-state index in [0.29, 0.717) is 18.0 Å². The zero-order valence-electron chi connectivity index (χ0n) is 14.7. The van der Waals surface area contributed by atoms with E-state index in [1.165, 1.54) is 6.92 Å². The van der Waals surface area contributed by atoms with Crippen molar-refractivity contribution in [2.24, 2.45) is 0 Å². The average Bonchev–Trinajstić information content (AvgIpc) is 3.08. The van der Waals surface area contributed by atoms with Crippen LogP contribution in [0.4, 0.5) is 0 Å². The second kappa shape index (κ2) is 7.74. The van der Waals surface area contributed by atoms with Crippen molar-refractivity contribution in [3.8, 4) is 11.5 Å². The predicted molar refractivity (Wildman–Crippen MR) is 97.3 cm³/mol. The maximum absolute atomic E-state index is 12.8. The summed E-state index contributed by atoms with van der Waals surface area (Å²) < 4.78 is 10.7. The number of benzene rings is 2. The second-order valence-electron chi connectivity index (χ2n) is 6.00. The van der Waals surface area contributed by atoms with Crippen molar-refractivity contribution < 1.29 is 19.1 Å². The zero-order chi connectivity index (χ0) is 18.5. The van der Waals surface area contributed by atoms with Gasteiger partial charge in [0.2, 0.25) is 12.7 Å². The molecule has 0 aromatic heterocycles. The van der Waals surface area contributed by atoms with Gasteiger partial charge in [-0.25, -0.2) is 0 Å². The van der Waals surface area contributed by atoms with Gasteiger partial charge in [-0.3, -0.25) is 9.59 Å². The molecule has 0 atom stereocenters. The maximum atomic E-state index is 12.8. The van der Waals surface area contributed by atoms with Crippen LogP contribution in [0.5, 0.6) is 11.5 Å². The van der Waals surface area contributed by atoms with Gasteiger partial charge in [0.15, 0.2) is 11.5 Å². The number of fused-ring (bicyclic) bond motifs is 1. The van der Waals surface area contributed by atoms with Gasteiger partial charge >= 0.3 is 0 Å². The molecule has 2 amide bonds. The van der Waals surface area contributed by atoms with E-state index < -0.39 is 0 Å². The molecule has 26 heavy (non-hydrogen) atoms. The molecule has 0 radical (unpaired) electrons. The van der Waals surface area contributed by atoms with Gasteiger partial charge in [0, 0.05) is 20.5 Å². The van der Waals surface area contributed by atoms with Crippen LogP contribution in [0.2, 0.25) is 0 Å². The average molecular weight is 352 g/mol. The van der Waals surface area contributed by atoms with Crippen molar-refractivity contribution in [3.05, 3.63) is 65.4 Å². The molecule has 0 fully saturated rings. The first-order valence-electron chi connectivity index (χ1n) is 8.21. The molecule has 0 saturated carbocycles.